The number of nitrogens with one attached hydrogen (secondary N) is 1. The van der Waals surface area contributed by atoms with Gasteiger partial charge in [0.1, 0.15) is 0 Å². The van der Waals surface area contributed by atoms with Crippen molar-refractivity contribution in [2.24, 2.45) is 0 Å². The summed E-state index contributed by atoms with van der Waals surface area (Å²) in [6.45, 7) is 7.60. The lowest BCUT2D eigenvalue weighted by atomic mass is 10.1. The van der Waals surface area contributed by atoms with Gasteiger partial charge in [-0.2, -0.15) is 0 Å². The summed E-state index contributed by atoms with van der Waals surface area (Å²) in [5.41, 5.74) is 3.79. The molecule has 2 aromatic rings. The molecule has 2 rings (SSSR count). The van der Waals surface area contributed by atoms with Crippen molar-refractivity contribution in [3.63, 3.8) is 0 Å². The van der Waals surface area contributed by atoms with E-state index < -0.39 is 0 Å². The zero-order valence-electron chi connectivity index (χ0n) is 13.1. The first-order valence-electron chi connectivity index (χ1n) is 7.57. The summed E-state index contributed by atoms with van der Waals surface area (Å²) in [6.07, 6.45) is 3.04. The summed E-state index contributed by atoms with van der Waals surface area (Å²) in [5.74, 6) is 0.924. The van der Waals surface area contributed by atoms with Crippen LogP contribution in [0.3, 0.4) is 0 Å². The Morgan fingerprint density at radius 1 is 1.24 bits per heavy atom. The lowest BCUT2D eigenvalue weighted by Gasteiger charge is -2.14. The molecule has 1 aromatic carbocycles. The van der Waals surface area contributed by atoms with Crippen LogP contribution in [0, 0.1) is 6.92 Å². The van der Waals surface area contributed by atoms with Gasteiger partial charge in [0.2, 0.25) is 0 Å². The van der Waals surface area contributed by atoms with Crippen LogP contribution in [0.15, 0.2) is 47.5 Å². The van der Waals surface area contributed by atoms with Crippen LogP contribution in [0.5, 0.6) is 0 Å². The van der Waals surface area contributed by atoms with Crippen LogP contribution in [0.1, 0.15) is 43.1 Å². The molecule has 0 saturated carbocycles. The fraction of sp³-hybridized carbons (Fsp3) is 0.389. The second-order valence-corrected chi connectivity index (χ2v) is 6.35. The second kappa shape index (κ2) is 8.20. The molecular weight excluding hydrogens is 276 g/mol. The Morgan fingerprint density at radius 3 is 2.86 bits per heavy atom. The SMILES string of the molecule is CCCNC(C)c1cccc(SCc2ncccc2C)c1. The third-order valence-corrected chi connectivity index (χ3v) is 4.56. The first-order valence-corrected chi connectivity index (χ1v) is 8.56. The third-order valence-electron chi connectivity index (χ3n) is 3.55. The van der Waals surface area contributed by atoms with E-state index in [9.17, 15) is 0 Å². The number of hydrogen-bond acceptors (Lipinski definition) is 3. The normalized spacial score (nSPS) is 12.3. The highest BCUT2D eigenvalue weighted by Gasteiger charge is 2.06. The van der Waals surface area contributed by atoms with Crippen LogP contribution in [0.4, 0.5) is 0 Å². The van der Waals surface area contributed by atoms with Crippen LogP contribution in [0.25, 0.3) is 0 Å². The van der Waals surface area contributed by atoms with Gasteiger partial charge in [-0.1, -0.05) is 25.1 Å². The second-order valence-electron chi connectivity index (χ2n) is 5.30. The van der Waals surface area contributed by atoms with Crippen molar-refractivity contribution in [1.29, 1.82) is 0 Å². The average Bonchev–Trinajstić information content (AvgIpc) is 2.52. The lowest BCUT2D eigenvalue weighted by molar-refractivity contribution is 0.570. The number of hydrogen-bond donors (Lipinski definition) is 1. The number of rotatable bonds is 7. The average molecular weight is 300 g/mol. The van der Waals surface area contributed by atoms with Gasteiger partial charge in [-0.05, 0) is 56.1 Å². The molecule has 0 aliphatic rings. The van der Waals surface area contributed by atoms with E-state index in [1.807, 2.05) is 24.0 Å². The van der Waals surface area contributed by atoms with Crippen LogP contribution >= 0.6 is 11.8 Å². The van der Waals surface area contributed by atoms with Crippen molar-refractivity contribution in [2.45, 2.75) is 43.9 Å². The summed E-state index contributed by atoms with van der Waals surface area (Å²) in [7, 11) is 0. The fourth-order valence-corrected chi connectivity index (χ4v) is 3.17. The zero-order valence-corrected chi connectivity index (χ0v) is 13.9. The summed E-state index contributed by atoms with van der Waals surface area (Å²) in [5, 5.41) is 3.54. The van der Waals surface area contributed by atoms with Crippen LogP contribution in [-0.2, 0) is 5.75 Å². The predicted octanol–water partition coefficient (Wildman–Crippen LogP) is 4.74. The highest BCUT2D eigenvalue weighted by Crippen LogP contribution is 2.25. The molecule has 3 heteroatoms. The van der Waals surface area contributed by atoms with Crippen LogP contribution in [-0.4, -0.2) is 11.5 Å². The zero-order chi connectivity index (χ0) is 15.1. The topological polar surface area (TPSA) is 24.9 Å². The Bertz CT molecular complexity index is 569. The summed E-state index contributed by atoms with van der Waals surface area (Å²) >= 11 is 1.85. The van der Waals surface area contributed by atoms with E-state index >= 15 is 0 Å². The molecule has 1 N–H and O–H groups in total. The van der Waals surface area contributed by atoms with Crippen molar-refractivity contribution in [3.8, 4) is 0 Å². The highest BCUT2D eigenvalue weighted by atomic mass is 32.2. The van der Waals surface area contributed by atoms with Gasteiger partial charge in [0.25, 0.3) is 0 Å². The number of thioether (sulfide) groups is 1. The van der Waals surface area contributed by atoms with E-state index in [1.54, 1.807) is 0 Å². The van der Waals surface area contributed by atoms with E-state index in [-0.39, 0.29) is 0 Å². The molecular formula is C18H24N2S. The van der Waals surface area contributed by atoms with Gasteiger partial charge in [0.15, 0.2) is 0 Å². The van der Waals surface area contributed by atoms with Gasteiger partial charge < -0.3 is 5.32 Å². The molecule has 1 heterocycles. The van der Waals surface area contributed by atoms with Crippen molar-refractivity contribution in [1.82, 2.24) is 10.3 Å². The summed E-state index contributed by atoms with van der Waals surface area (Å²) < 4.78 is 0. The maximum Gasteiger partial charge on any atom is 0.0535 e. The lowest BCUT2D eigenvalue weighted by Crippen LogP contribution is -2.19. The molecule has 0 spiro atoms. The predicted molar refractivity (Wildman–Crippen MR) is 91.7 cm³/mol. The van der Waals surface area contributed by atoms with Gasteiger partial charge in [-0.3, -0.25) is 4.98 Å². The smallest absolute Gasteiger partial charge is 0.0535 e. The van der Waals surface area contributed by atoms with Crippen molar-refractivity contribution >= 4 is 11.8 Å². The molecule has 0 amide bonds. The van der Waals surface area contributed by atoms with E-state index in [1.165, 1.54) is 21.7 Å². The molecule has 1 unspecified atom stereocenters. The minimum absolute atomic E-state index is 0.405. The third kappa shape index (κ3) is 4.87. The maximum absolute atomic E-state index is 4.46. The first-order chi connectivity index (χ1) is 10.2. The van der Waals surface area contributed by atoms with Gasteiger partial charge in [0, 0.05) is 22.9 Å². The largest absolute Gasteiger partial charge is 0.310 e. The van der Waals surface area contributed by atoms with Gasteiger partial charge in [0.05, 0.1) is 5.69 Å². The van der Waals surface area contributed by atoms with E-state index in [0.717, 1.165) is 18.7 Å². The number of pyridine rings is 1. The molecule has 1 aromatic heterocycles. The Balaban J connectivity index is 1.99. The fourth-order valence-electron chi connectivity index (χ4n) is 2.17. The minimum Gasteiger partial charge on any atom is -0.310 e. The van der Waals surface area contributed by atoms with Gasteiger partial charge in [-0.15, -0.1) is 11.8 Å². The number of benzene rings is 1. The highest BCUT2D eigenvalue weighted by molar-refractivity contribution is 7.98. The molecule has 112 valence electrons. The Kier molecular flexibility index (Phi) is 6.27. The molecule has 0 aliphatic heterocycles. The molecule has 1 atom stereocenters. The quantitative estimate of drug-likeness (QED) is 0.747. The van der Waals surface area contributed by atoms with E-state index in [0.29, 0.717) is 6.04 Å². The molecule has 21 heavy (non-hydrogen) atoms. The van der Waals surface area contributed by atoms with Crippen molar-refractivity contribution < 1.29 is 0 Å². The minimum atomic E-state index is 0.405. The molecule has 0 radical (unpaired) electrons. The number of aryl methyl sites for hydroxylation is 1. The van der Waals surface area contributed by atoms with Crippen molar-refractivity contribution in [2.75, 3.05) is 6.54 Å². The van der Waals surface area contributed by atoms with E-state index in [4.69, 9.17) is 0 Å². The summed E-state index contributed by atoms with van der Waals surface area (Å²) in [6, 6.07) is 13.3. The Hall–Kier alpha value is -1.32. The van der Waals surface area contributed by atoms with Crippen LogP contribution in [0.2, 0.25) is 0 Å². The van der Waals surface area contributed by atoms with Gasteiger partial charge >= 0.3 is 0 Å². The molecule has 0 fully saturated rings. The molecule has 0 aliphatic carbocycles. The standard InChI is InChI=1S/C18H24N2S/c1-4-10-19-15(3)16-8-5-9-17(12-16)21-13-18-14(2)7-6-11-20-18/h5-9,11-12,15,19H,4,10,13H2,1-3H3. The van der Waals surface area contributed by atoms with Crippen molar-refractivity contribution in [3.05, 3.63) is 59.4 Å². The monoisotopic (exact) mass is 300 g/mol. The number of nitrogens with zero attached hydrogens (tertiary/aromatic N) is 1. The van der Waals surface area contributed by atoms with E-state index in [2.05, 4.69) is 61.4 Å². The Morgan fingerprint density at radius 2 is 2.10 bits per heavy atom. The number of aromatic nitrogens is 1. The molecule has 0 bridgehead atoms. The first kappa shape index (κ1) is 16.1. The summed E-state index contributed by atoms with van der Waals surface area (Å²) in [4.78, 5) is 5.77. The van der Waals surface area contributed by atoms with Crippen LogP contribution < -0.4 is 5.32 Å². The maximum atomic E-state index is 4.46. The van der Waals surface area contributed by atoms with Gasteiger partial charge in [-0.25, -0.2) is 0 Å². The Labute approximate surface area is 132 Å². The molecule has 0 saturated heterocycles. The molecule has 2 nitrogen and oxygen atoms in total.